The van der Waals surface area contributed by atoms with Crippen LogP contribution in [-0.4, -0.2) is 11.7 Å². The van der Waals surface area contributed by atoms with Crippen LogP contribution in [0.1, 0.15) is 5.56 Å². The summed E-state index contributed by atoms with van der Waals surface area (Å²) >= 11 is 0. The van der Waals surface area contributed by atoms with Crippen molar-refractivity contribution in [2.75, 3.05) is 11.9 Å². The van der Waals surface area contributed by atoms with Gasteiger partial charge in [-0.2, -0.15) is 0 Å². The van der Waals surface area contributed by atoms with Gasteiger partial charge in [-0.25, -0.2) is 0 Å². The second-order valence-electron chi connectivity index (χ2n) is 4.54. The van der Waals surface area contributed by atoms with Crippen molar-refractivity contribution in [1.82, 2.24) is 5.16 Å². The van der Waals surface area contributed by atoms with E-state index in [2.05, 4.69) is 52.9 Å². The minimum absolute atomic E-state index is 0.831. The van der Waals surface area contributed by atoms with Gasteiger partial charge in [0.15, 0.2) is 0 Å². The van der Waals surface area contributed by atoms with Crippen LogP contribution in [0.25, 0.3) is 22.0 Å². The molecule has 4 rings (SSSR count). The van der Waals surface area contributed by atoms with Crippen LogP contribution in [0, 0.1) is 0 Å². The maximum atomic E-state index is 5.35. The first-order valence-electron chi connectivity index (χ1n) is 6.14. The number of nitrogens with zero attached hydrogens (tertiary/aromatic N) is 1. The lowest BCUT2D eigenvalue weighted by atomic mass is 9.99. The second kappa shape index (κ2) is 3.60. The summed E-state index contributed by atoms with van der Waals surface area (Å²) < 4.78 is 5.35. The Morgan fingerprint density at radius 3 is 2.94 bits per heavy atom. The topological polar surface area (TPSA) is 38.1 Å². The van der Waals surface area contributed by atoms with Crippen molar-refractivity contribution in [3.63, 3.8) is 0 Å². The van der Waals surface area contributed by atoms with E-state index in [1.54, 1.807) is 0 Å². The molecule has 1 aliphatic heterocycles. The Morgan fingerprint density at radius 1 is 1.06 bits per heavy atom. The van der Waals surface area contributed by atoms with Crippen LogP contribution in [0.5, 0.6) is 0 Å². The first-order valence-corrected chi connectivity index (χ1v) is 6.14. The molecule has 3 aromatic rings. The number of hydrogen-bond donors (Lipinski definition) is 1. The van der Waals surface area contributed by atoms with Gasteiger partial charge in [0.2, 0.25) is 5.88 Å². The minimum Gasteiger partial charge on any atom is -0.353 e. The number of benzene rings is 2. The summed E-state index contributed by atoms with van der Waals surface area (Å²) in [5.41, 5.74) is 3.33. The molecule has 0 saturated carbocycles. The summed E-state index contributed by atoms with van der Waals surface area (Å²) in [5.74, 6) is 0.831. The third kappa shape index (κ3) is 1.27. The molecular weight excluding hydrogens is 224 g/mol. The minimum atomic E-state index is 0.831. The maximum Gasteiger partial charge on any atom is 0.228 e. The van der Waals surface area contributed by atoms with Gasteiger partial charge in [0.1, 0.15) is 5.69 Å². The van der Waals surface area contributed by atoms with Gasteiger partial charge in [-0.05, 0) is 17.2 Å². The molecule has 1 aromatic heterocycles. The van der Waals surface area contributed by atoms with Crippen LogP contribution < -0.4 is 5.32 Å². The van der Waals surface area contributed by atoms with Crippen molar-refractivity contribution < 1.29 is 4.52 Å². The summed E-state index contributed by atoms with van der Waals surface area (Å²) in [7, 11) is 0. The molecular formula is C15H12N2O. The van der Waals surface area contributed by atoms with E-state index in [1.807, 2.05) is 0 Å². The summed E-state index contributed by atoms with van der Waals surface area (Å²) in [6.07, 6.45) is 0.984. The molecule has 0 atom stereocenters. The van der Waals surface area contributed by atoms with Crippen LogP contribution >= 0.6 is 0 Å². The Morgan fingerprint density at radius 2 is 1.94 bits per heavy atom. The molecule has 0 bridgehead atoms. The highest BCUT2D eigenvalue weighted by atomic mass is 16.5. The van der Waals surface area contributed by atoms with Gasteiger partial charge < -0.3 is 9.84 Å². The van der Waals surface area contributed by atoms with Crippen molar-refractivity contribution in [2.45, 2.75) is 6.42 Å². The number of hydrogen-bond acceptors (Lipinski definition) is 3. The Kier molecular flexibility index (Phi) is 1.94. The van der Waals surface area contributed by atoms with E-state index in [0.29, 0.717) is 0 Å². The van der Waals surface area contributed by atoms with Crippen LogP contribution in [-0.2, 0) is 6.42 Å². The monoisotopic (exact) mass is 236 g/mol. The van der Waals surface area contributed by atoms with E-state index in [9.17, 15) is 0 Å². The van der Waals surface area contributed by atoms with Crippen LogP contribution in [0.4, 0.5) is 5.88 Å². The smallest absolute Gasteiger partial charge is 0.228 e. The average molecular weight is 236 g/mol. The van der Waals surface area contributed by atoms with E-state index in [1.165, 1.54) is 16.3 Å². The van der Waals surface area contributed by atoms with Crippen LogP contribution in [0.2, 0.25) is 0 Å². The summed E-state index contributed by atoms with van der Waals surface area (Å²) in [6.45, 7) is 0.939. The molecule has 2 aromatic carbocycles. The standard InChI is InChI=1S/C15H12N2O/c1-2-6-11-10(4-1)5-3-7-12(11)14-13-8-9-16-15(13)18-17-14/h1-7,16H,8-9H2. The van der Waals surface area contributed by atoms with E-state index in [4.69, 9.17) is 4.52 Å². The number of anilines is 1. The SMILES string of the molecule is c1ccc2c(-c3noc4c3CCN4)cccc2c1. The summed E-state index contributed by atoms with van der Waals surface area (Å²) in [4.78, 5) is 0. The molecule has 0 unspecified atom stereocenters. The Labute approximate surface area is 104 Å². The fraction of sp³-hybridized carbons (Fsp3) is 0.133. The first kappa shape index (κ1) is 9.71. The number of rotatable bonds is 1. The van der Waals surface area contributed by atoms with E-state index in [0.717, 1.165) is 30.1 Å². The molecule has 0 amide bonds. The molecule has 1 aliphatic rings. The highest BCUT2D eigenvalue weighted by Gasteiger charge is 2.22. The summed E-state index contributed by atoms with van der Waals surface area (Å²) in [6, 6.07) is 14.7. The molecule has 18 heavy (non-hydrogen) atoms. The van der Waals surface area contributed by atoms with Crippen molar-refractivity contribution in [3.05, 3.63) is 48.0 Å². The lowest BCUT2D eigenvalue weighted by Gasteiger charge is -2.04. The van der Waals surface area contributed by atoms with Crippen molar-refractivity contribution in [1.29, 1.82) is 0 Å². The Bertz CT molecular complexity index is 725. The van der Waals surface area contributed by atoms with Gasteiger partial charge in [0.25, 0.3) is 0 Å². The van der Waals surface area contributed by atoms with Gasteiger partial charge in [-0.1, -0.05) is 47.6 Å². The fourth-order valence-electron chi connectivity index (χ4n) is 2.62. The zero-order chi connectivity index (χ0) is 11.9. The number of nitrogens with one attached hydrogen (secondary N) is 1. The highest BCUT2D eigenvalue weighted by Crippen LogP contribution is 2.35. The first-order chi connectivity index (χ1) is 8.93. The molecule has 3 heteroatoms. The van der Waals surface area contributed by atoms with Crippen molar-refractivity contribution in [3.8, 4) is 11.3 Å². The Hall–Kier alpha value is -2.29. The van der Waals surface area contributed by atoms with Gasteiger partial charge >= 0.3 is 0 Å². The van der Waals surface area contributed by atoms with E-state index >= 15 is 0 Å². The van der Waals surface area contributed by atoms with Crippen molar-refractivity contribution in [2.24, 2.45) is 0 Å². The van der Waals surface area contributed by atoms with E-state index < -0.39 is 0 Å². The molecule has 0 spiro atoms. The molecule has 1 N–H and O–H groups in total. The third-order valence-electron chi connectivity index (χ3n) is 3.49. The fourth-order valence-corrected chi connectivity index (χ4v) is 2.62. The predicted molar refractivity (Wildman–Crippen MR) is 71.6 cm³/mol. The predicted octanol–water partition coefficient (Wildman–Crippen LogP) is 3.46. The maximum absolute atomic E-state index is 5.35. The van der Waals surface area contributed by atoms with Gasteiger partial charge in [-0.3, -0.25) is 0 Å². The van der Waals surface area contributed by atoms with Gasteiger partial charge in [0, 0.05) is 17.7 Å². The quantitative estimate of drug-likeness (QED) is 0.703. The molecule has 0 fully saturated rings. The lowest BCUT2D eigenvalue weighted by molar-refractivity contribution is 0.436. The van der Waals surface area contributed by atoms with Gasteiger partial charge in [-0.15, -0.1) is 0 Å². The Balaban J connectivity index is 2.02. The molecule has 88 valence electrons. The number of fused-ring (bicyclic) bond motifs is 2. The normalized spacial score (nSPS) is 13.6. The zero-order valence-electron chi connectivity index (χ0n) is 9.81. The molecule has 2 heterocycles. The zero-order valence-corrected chi connectivity index (χ0v) is 9.81. The van der Waals surface area contributed by atoms with Crippen molar-refractivity contribution >= 4 is 16.7 Å². The second-order valence-corrected chi connectivity index (χ2v) is 4.54. The lowest BCUT2D eigenvalue weighted by Crippen LogP contribution is -1.92. The third-order valence-corrected chi connectivity index (χ3v) is 3.49. The number of aromatic nitrogens is 1. The highest BCUT2D eigenvalue weighted by molar-refractivity contribution is 5.96. The van der Waals surface area contributed by atoms with Crippen LogP contribution in [0.3, 0.4) is 0 Å². The van der Waals surface area contributed by atoms with E-state index in [-0.39, 0.29) is 0 Å². The molecule has 0 saturated heterocycles. The summed E-state index contributed by atoms with van der Waals surface area (Å²) in [5, 5.41) is 9.89. The average Bonchev–Trinajstić information content (AvgIpc) is 3.01. The molecule has 0 radical (unpaired) electrons. The molecule has 3 nitrogen and oxygen atoms in total. The molecule has 0 aliphatic carbocycles. The van der Waals surface area contributed by atoms with Crippen LogP contribution in [0.15, 0.2) is 47.0 Å². The largest absolute Gasteiger partial charge is 0.353 e. The van der Waals surface area contributed by atoms with Gasteiger partial charge in [0.05, 0.1) is 0 Å².